The molecule has 0 saturated carbocycles. The van der Waals surface area contributed by atoms with Crippen molar-refractivity contribution in [1.29, 1.82) is 0 Å². The van der Waals surface area contributed by atoms with Gasteiger partial charge in [0.05, 0.1) is 20.1 Å². The standard InChI is InChI=1S/C30H47NO10/c1-11-28(6,7)40-25(34)38-21-14-13-20(17-22(21)39-26(35)41-29(8,9)12-2)18-30(31,24(33)36-10)15-16-37-23(32)19-27(3,4)5/h13-14,17H,11-12,15-16,18-19,31H2,1-10H3/t30-/m1/s1. The van der Waals surface area contributed by atoms with Crippen molar-refractivity contribution in [3.63, 3.8) is 0 Å². The third-order valence-electron chi connectivity index (χ3n) is 6.41. The Kier molecular flexibility index (Phi) is 12.6. The van der Waals surface area contributed by atoms with Crippen LogP contribution in [0.4, 0.5) is 9.59 Å². The summed E-state index contributed by atoms with van der Waals surface area (Å²) in [6.45, 7) is 16.2. The Labute approximate surface area is 243 Å². The quantitative estimate of drug-likeness (QED) is 0.169. The number of hydrogen-bond donors (Lipinski definition) is 1. The minimum absolute atomic E-state index is 0.0326. The van der Waals surface area contributed by atoms with Gasteiger partial charge in [0, 0.05) is 12.8 Å². The topological polar surface area (TPSA) is 150 Å². The second-order valence-corrected chi connectivity index (χ2v) is 12.4. The zero-order chi connectivity index (χ0) is 31.6. The smallest absolute Gasteiger partial charge is 0.468 e. The molecule has 1 aromatic carbocycles. The van der Waals surface area contributed by atoms with Crippen LogP contribution in [0.25, 0.3) is 0 Å². The summed E-state index contributed by atoms with van der Waals surface area (Å²) in [6.07, 6.45) is -0.839. The lowest BCUT2D eigenvalue weighted by Crippen LogP contribution is -2.51. The molecule has 0 aliphatic heterocycles. The lowest BCUT2D eigenvalue weighted by molar-refractivity contribution is -0.152. The molecule has 41 heavy (non-hydrogen) atoms. The number of rotatable bonds is 13. The molecular formula is C30H47NO10. The fraction of sp³-hybridized carbons (Fsp3) is 0.667. The molecule has 0 heterocycles. The first-order chi connectivity index (χ1) is 18.7. The molecule has 11 nitrogen and oxygen atoms in total. The fourth-order valence-electron chi connectivity index (χ4n) is 3.30. The zero-order valence-electron chi connectivity index (χ0n) is 26.1. The molecule has 1 aromatic rings. The Hall–Kier alpha value is -3.34. The Bertz CT molecular complexity index is 1070. The van der Waals surface area contributed by atoms with E-state index < -0.39 is 41.0 Å². The highest BCUT2D eigenvalue weighted by Crippen LogP contribution is 2.32. The lowest BCUT2D eigenvalue weighted by Gasteiger charge is -2.27. The predicted molar refractivity (Wildman–Crippen MR) is 152 cm³/mol. The van der Waals surface area contributed by atoms with Crippen molar-refractivity contribution in [2.75, 3.05) is 13.7 Å². The number of benzene rings is 1. The molecule has 0 aliphatic carbocycles. The summed E-state index contributed by atoms with van der Waals surface area (Å²) < 4.78 is 31.7. The van der Waals surface area contributed by atoms with E-state index in [0.29, 0.717) is 18.4 Å². The van der Waals surface area contributed by atoms with Crippen molar-refractivity contribution in [3.8, 4) is 11.5 Å². The molecule has 0 bridgehead atoms. The number of nitrogens with two attached hydrogens (primary N) is 1. The SMILES string of the molecule is CCC(C)(C)OC(=O)Oc1ccc(C[C@](N)(CCOC(=O)CC(C)(C)C)C(=O)OC)cc1OC(=O)OC(C)(C)CC. The molecule has 0 unspecified atom stereocenters. The van der Waals surface area contributed by atoms with Gasteiger partial charge in [0.25, 0.3) is 0 Å². The maximum absolute atomic E-state index is 12.7. The molecule has 2 N–H and O–H groups in total. The van der Waals surface area contributed by atoms with Gasteiger partial charge in [-0.25, -0.2) is 9.59 Å². The molecule has 0 amide bonds. The van der Waals surface area contributed by atoms with Crippen LogP contribution < -0.4 is 15.2 Å². The minimum atomic E-state index is -1.58. The van der Waals surface area contributed by atoms with E-state index in [1.807, 2.05) is 34.6 Å². The van der Waals surface area contributed by atoms with Gasteiger partial charge in [-0.2, -0.15) is 0 Å². The van der Waals surface area contributed by atoms with Crippen molar-refractivity contribution in [2.24, 2.45) is 11.1 Å². The molecule has 0 fully saturated rings. The van der Waals surface area contributed by atoms with E-state index in [2.05, 4.69) is 0 Å². The molecule has 0 aliphatic rings. The zero-order valence-corrected chi connectivity index (χ0v) is 26.1. The molecular weight excluding hydrogens is 534 g/mol. The van der Waals surface area contributed by atoms with Gasteiger partial charge in [0.1, 0.15) is 16.7 Å². The number of carbonyl (C=O) groups excluding carboxylic acids is 4. The van der Waals surface area contributed by atoms with E-state index in [9.17, 15) is 19.2 Å². The molecule has 0 spiro atoms. The minimum Gasteiger partial charge on any atom is -0.468 e. The van der Waals surface area contributed by atoms with Gasteiger partial charge in [0.2, 0.25) is 0 Å². The number of ether oxygens (including phenoxy) is 6. The van der Waals surface area contributed by atoms with Crippen molar-refractivity contribution in [3.05, 3.63) is 23.8 Å². The Morgan fingerprint density at radius 1 is 0.805 bits per heavy atom. The van der Waals surface area contributed by atoms with Crippen LogP contribution in [-0.2, 0) is 35.0 Å². The van der Waals surface area contributed by atoms with Crippen LogP contribution in [0.2, 0.25) is 0 Å². The van der Waals surface area contributed by atoms with E-state index >= 15 is 0 Å². The van der Waals surface area contributed by atoms with Gasteiger partial charge in [-0.1, -0.05) is 40.7 Å². The van der Waals surface area contributed by atoms with Crippen LogP contribution in [0.5, 0.6) is 11.5 Å². The fourth-order valence-corrected chi connectivity index (χ4v) is 3.30. The van der Waals surface area contributed by atoms with E-state index in [1.165, 1.54) is 19.2 Å². The van der Waals surface area contributed by atoms with E-state index in [4.69, 9.17) is 34.2 Å². The van der Waals surface area contributed by atoms with Gasteiger partial charge >= 0.3 is 24.2 Å². The average Bonchev–Trinajstić information content (AvgIpc) is 2.83. The summed E-state index contributed by atoms with van der Waals surface area (Å²) in [5.41, 5.74) is 3.48. The van der Waals surface area contributed by atoms with Crippen LogP contribution in [-0.4, -0.2) is 54.7 Å². The molecule has 0 saturated heterocycles. The second-order valence-electron chi connectivity index (χ2n) is 12.4. The normalized spacial score (nSPS) is 13.4. The van der Waals surface area contributed by atoms with E-state index in [1.54, 1.807) is 33.8 Å². The largest absolute Gasteiger partial charge is 0.514 e. The first-order valence-electron chi connectivity index (χ1n) is 13.7. The number of esters is 2. The molecule has 0 aromatic heterocycles. The van der Waals surface area contributed by atoms with Crippen LogP contribution in [0.15, 0.2) is 18.2 Å². The van der Waals surface area contributed by atoms with E-state index in [-0.39, 0.29) is 42.8 Å². The number of hydrogen-bond acceptors (Lipinski definition) is 11. The molecule has 1 atom stereocenters. The van der Waals surface area contributed by atoms with Crippen LogP contribution in [0.3, 0.4) is 0 Å². The van der Waals surface area contributed by atoms with Crippen molar-refractivity contribution in [1.82, 2.24) is 0 Å². The highest BCUT2D eigenvalue weighted by atomic mass is 16.8. The summed E-state index contributed by atoms with van der Waals surface area (Å²) >= 11 is 0. The van der Waals surface area contributed by atoms with Crippen molar-refractivity contribution in [2.45, 2.75) is 111 Å². The van der Waals surface area contributed by atoms with Gasteiger partial charge in [-0.05, 0) is 63.6 Å². The van der Waals surface area contributed by atoms with Gasteiger partial charge in [-0.3, -0.25) is 9.59 Å². The van der Waals surface area contributed by atoms with Gasteiger partial charge in [0.15, 0.2) is 11.5 Å². The maximum Gasteiger partial charge on any atom is 0.514 e. The monoisotopic (exact) mass is 581 g/mol. The first kappa shape index (κ1) is 35.7. The molecule has 11 heteroatoms. The number of carbonyl (C=O) groups is 4. The van der Waals surface area contributed by atoms with Gasteiger partial charge in [-0.15, -0.1) is 0 Å². The third-order valence-corrected chi connectivity index (χ3v) is 6.41. The van der Waals surface area contributed by atoms with E-state index in [0.717, 1.165) is 0 Å². The Morgan fingerprint density at radius 3 is 1.78 bits per heavy atom. The summed E-state index contributed by atoms with van der Waals surface area (Å²) in [5.74, 6) is -1.38. The molecule has 232 valence electrons. The Balaban J connectivity index is 3.26. The summed E-state index contributed by atoms with van der Waals surface area (Å²) in [7, 11) is 1.20. The molecule has 1 rings (SSSR count). The molecule has 0 radical (unpaired) electrons. The van der Waals surface area contributed by atoms with Crippen molar-refractivity contribution < 1.29 is 47.6 Å². The van der Waals surface area contributed by atoms with Gasteiger partial charge < -0.3 is 34.2 Å². The highest BCUT2D eigenvalue weighted by molar-refractivity contribution is 5.81. The first-order valence-corrected chi connectivity index (χ1v) is 13.7. The predicted octanol–water partition coefficient (Wildman–Crippen LogP) is 5.88. The number of methoxy groups -OCH3 is 1. The highest BCUT2D eigenvalue weighted by Gasteiger charge is 2.36. The van der Waals surface area contributed by atoms with Crippen LogP contribution >= 0.6 is 0 Å². The maximum atomic E-state index is 12.7. The van der Waals surface area contributed by atoms with Crippen LogP contribution in [0.1, 0.15) is 93.6 Å². The van der Waals surface area contributed by atoms with Crippen molar-refractivity contribution >= 4 is 24.2 Å². The summed E-state index contributed by atoms with van der Waals surface area (Å²) in [5, 5.41) is 0. The average molecular weight is 582 g/mol. The summed E-state index contributed by atoms with van der Waals surface area (Å²) in [4.78, 5) is 49.9. The summed E-state index contributed by atoms with van der Waals surface area (Å²) in [6, 6.07) is 4.35. The lowest BCUT2D eigenvalue weighted by atomic mass is 9.88. The second kappa shape index (κ2) is 14.5. The third kappa shape index (κ3) is 12.8. The Morgan fingerprint density at radius 2 is 1.32 bits per heavy atom. The van der Waals surface area contributed by atoms with Crippen LogP contribution in [0, 0.1) is 5.41 Å².